The topological polar surface area (TPSA) is 49.9 Å². The number of amides is 1. The fourth-order valence-electron chi connectivity index (χ4n) is 6.61. The molecule has 5 nitrogen and oxygen atoms in total. The van der Waals surface area contributed by atoms with Gasteiger partial charge in [-0.25, -0.2) is 4.79 Å². The zero-order valence-corrected chi connectivity index (χ0v) is 24.2. The number of benzene rings is 2. The summed E-state index contributed by atoms with van der Waals surface area (Å²) >= 11 is 0. The quantitative estimate of drug-likeness (QED) is 0.326. The smallest absolute Gasteiger partial charge is 0.456 e. The molecular weight excluding hydrogens is 529 g/mol. The van der Waals surface area contributed by atoms with Crippen molar-refractivity contribution in [1.29, 1.82) is 0 Å². The van der Waals surface area contributed by atoms with E-state index in [1.165, 1.54) is 4.90 Å². The predicted octanol–water partition coefficient (Wildman–Crippen LogP) is 6.88. The number of halogens is 3. The highest BCUT2D eigenvalue weighted by Crippen LogP contribution is 2.55. The molecule has 0 bridgehead atoms. The van der Waals surface area contributed by atoms with Crippen LogP contribution in [0.1, 0.15) is 74.9 Å². The highest BCUT2D eigenvalue weighted by molar-refractivity contribution is 5.89. The Morgan fingerprint density at radius 2 is 1.66 bits per heavy atom. The second-order valence-electron chi connectivity index (χ2n) is 13.0. The Hall–Kier alpha value is -3.13. The van der Waals surface area contributed by atoms with Crippen LogP contribution in [0.3, 0.4) is 0 Å². The van der Waals surface area contributed by atoms with Gasteiger partial charge in [0.15, 0.2) is 0 Å². The number of carbonyl (C=O) groups excluding carboxylic acids is 2. The molecule has 2 aromatic carbocycles. The van der Waals surface area contributed by atoms with Gasteiger partial charge >= 0.3 is 18.1 Å². The molecule has 2 unspecified atom stereocenters. The Morgan fingerprint density at radius 3 is 2.22 bits per heavy atom. The van der Waals surface area contributed by atoms with Gasteiger partial charge in [-0.2, -0.15) is 13.2 Å². The number of ether oxygens (including phenoxy) is 1. The Kier molecular flexibility index (Phi) is 7.83. The van der Waals surface area contributed by atoms with Gasteiger partial charge in [-0.15, -0.1) is 0 Å². The number of nitrogens with zero attached hydrogens (tertiary/aromatic N) is 2. The lowest BCUT2D eigenvalue weighted by atomic mass is 9.60. The van der Waals surface area contributed by atoms with Crippen LogP contribution in [0, 0.1) is 11.3 Å². The largest absolute Gasteiger partial charge is 0.471 e. The molecule has 220 valence electrons. The first-order chi connectivity index (χ1) is 19.3. The van der Waals surface area contributed by atoms with E-state index < -0.39 is 17.7 Å². The first-order valence-electron chi connectivity index (χ1n) is 14.5. The van der Waals surface area contributed by atoms with E-state index in [2.05, 4.69) is 11.0 Å². The molecule has 2 atom stereocenters. The molecule has 0 radical (unpaired) electrons. The van der Waals surface area contributed by atoms with Gasteiger partial charge in [0.25, 0.3) is 0 Å². The molecule has 2 saturated carbocycles. The van der Waals surface area contributed by atoms with Gasteiger partial charge in [-0.05, 0) is 75.1 Å². The molecule has 1 spiro atoms. The summed E-state index contributed by atoms with van der Waals surface area (Å²) in [5.74, 6) is -2.07. The molecule has 0 aromatic heterocycles. The highest BCUT2D eigenvalue weighted by Gasteiger charge is 2.61. The maximum Gasteiger partial charge on any atom is 0.471 e. The van der Waals surface area contributed by atoms with Crippen LogP contribution >= 0.6 is 0 Å². The van der Waals surface area contributed by atoms with Crippen molar-refractivity contribution in [3.63, 3.8) is 0 Å². The van der Waals surface area contributed by atoms with Crippen molar-refractivity contribution in [3.8, 4) is 0 Å². The van der Waals surface area contributed by atoms with Gasteiger partial charge in [0.2, 0.25) is 0 Å². The molecular formula is C33H39F3N2O3. The Labute approximate surface area is 240 Å². The lowest BCUT2D eigenvalue weighted by molar-refractivity contribution is -0.197. The Bertz CT molecular complexity index is 1280. The second-order valence-corrected chi connectivity index (χ2v) is 13.0. The molecule has 0 N–H and O–H groups in total. The fourth-order valence-corrected chi connectivity index (χ4v) is 6.61. The van der Waals surface area contributed by atoms with Gasteiger partial charge in [0.05, 0.1) is 5.56 Å². The van der Waals surface area contributed by atoms with E-state index >= 15 is 0 Å². The maximum absolute atomic E-state index is 13.7. The van der Waals surface area contributed by atoms with Gasteiger partial charge in [-0.1, -0.05) is 61.0 Å². The van der Waals surface area contributed by atoms with Crippen LogP contribution in [-0.4, -0.2) is 58.6 Å². The molecule has 2 aromatic rings. The highest BCUT2D eigenvalue weighted by atomic mass is 19.4. The summed E-state index contributed by atoms with van der Waals surface area (Å²) in [6.45, 7) is 9.82. The molecule has 5 rings (SSSR count). The third-order valence-corrected chi connectivity index (χ3v) is 8.47. The zero-order valence-electron chi connectivity index (χ0n) is 24.2. The van der Waals surface area contributed by atoms with E-state index in [0.717, 1.165) is 36.2 Å². The van der Waals surface area contributed by atoms with Crippen molar-refractivity contribution in [2.75, 3.05) is 13.1 Å². The van der Waals surface area contributed by atoms with E-state index in [9.17, 15) is 22.8 Å². The molecule has 1 heterocycles. The van der Waals surface area contributed by atoms with Gasteiger partial charge < -0.3 is 9.64 Å². The van der Waals surface area contributed by atoms with Crippen LogP contribution in [-0.2, 0) is 16.1 Å². The van der Waals surface area contributed by atoms with E-state index in [-0.39, 0.29) is 29.4 Å². The summed E-state index contributed by atoms with van der Waals surface area (Å²) in [6, 6.07) is 16.4. The van der Waals surface area contributed by atoms with Crippen LogP contribution in [0.2, 0.25) is 0 Å². The van der Waals surface area contributed by atoms with Crippen LogP contribution in [0.15, 0.2) is 60.2 Å². The molecule has 1 saturated heterocycles. The molecule has 2 aliphatic carbocycles. The number of hydrogen-bond acceptors (Lipinski definition) is 4. The number of carbonyl (C=O) groups is 2. The molecule has 8 heteroatoms. The fraction of sp³-hybridized carbons (Fsp3) is 0.515. The van der Waals surface area contributed by atoms with Crippen molar-refractivity contribution in [2.24, 2.45) is 11.3 Å². The first-order valence-corrected chi connectivity index (χ1v) is 14.5. The standard InChI is InChI=1S/C33H39F3N2O3/c1-5-24(15-22-9-7-6-8-10-22)27-16-28(27)38(30(40)33(34,35)36)26-17-32(18-26)20-37(21-32)19-23-11-13-25(14-12-23)29(39)41-31(2,3)4/h6-15,26-28H,5,16-21H2,1-4H3/b24-15+. The molecule has 3 fully saturated rings. The van der Waals surface area contributed by atoms with Crippen LogP contribution in [0.4, 0.5) is 13.2 Å². The summed E-state index contributed by atoms with van der Waals surface area (Å²) in [4.78, 5) is 28.3. The minimum absolute atomic E-state index is 0.0235. The van der Waals surface area contributed by atoms with Crippen molar-refractivity contribution in [1.82, 2.24) is 9.80 Å². The number of hydrogen-bond donors (Lipinski definition) is 0. The Morgan fingerprint density at radius 1 is 1.02 bits per heavy atom. The predicted molar refractivity (Wildman–Crippen MR) is 152 cm³/mol. The van der Waals surface area contributed by atoms with E-state index in [1.807, 2.05) is 70.2 Å². The zero-order chi connectivity index (χ0) is 29.6. The number of alkyl halides is 3. The first kappa shape index (κ1) is 29.4. The lowest BCUT2D eigenvalue weighted by Gasteiger charge is -2.61. The summed E-state index contributed by atoms with van der Waals surface area (Å²) in [6.07, 6.45) is -0.267. The van der Waals surface area contributed by atoms with E-state index in [4.69, 9.17) is 4.74 Å². The average molecular weight is 569 g/mol. The molecule has 1 aliphatic heterocycles. The SMILES string of the molecule is CC/C(=C\c1ccccc1)C1CC1N(C(=O)C(F)(F)F)C1CC2(C1)CN(Cc1ccc(C(=O)OC(C)(C)C)cc1)C2. The van der Waals surface area contributed by atoms with E-state index in [0.29, 0.717) is 31.4 Å². The second kappa shape index (κ2) is 10.9. The summed E-state index contributed by atoms with van der Waals surface area (Å²) in [7, 11) is 0. The number of rotatable bonds is 8. The molecule has 41 heavy (non-hydrogen) atoms. The minimum atomic E-state index is -4.87. The van der Waals surface area contributed by atoms with Crippen LogP contribution in [0.5, 0.6) is 0 Å². The third-order valence-electron chi connectivity index (χ3n) is 8.47. The summed E-state index contributed by atoms with van der Waals surface area (Å²) < 4.78 is 46.4. The van der Waals surface area contributed by atoms with Gasteiger partial charge in [0.1, 0.15) is 5.60 Å². The average Bonchev–Trinajstić information content (AvgIpc) is 3.64. The van der Waals surface area contributed by atoms with Crippen molar-refractivity contribution in [3.05, 3.63) is 76.9 Å². The normalized spacial score (nSPS) is 22.6. The maximum atomic E-state index is 13.7. The molecule has 3 aliphatic rings. The van der Waals surface area contributed by atoms with Crippen molar-refractivity contribution >= 4 is 18.0 Å². The van der Waals surface area contributed by atoms with E-state index in [1.54, 1.807) is 12.1 Å². The van der Waals surface area contributed by atoms with Crippen LogP contribution in [0.25, 0.3) is 6.08 Å². The number of likely N-dealkylation sites (tertiary alicyclic amines) is 1. The van der Waals surface area contributed by atoms with Crippen LogP contribution < -0.4 is 0 Å². The summed E-state index contributed by atoms with van der Waals surface area (Å²) in [5.41, 5.74) is 3.12. The van der Waals surface area contributed by atoms with Gasteiger partial charge in [0, 0.05) is 37.6 Å². The molecule has 1 amide bonds. The lowest BCUT2D eigenvalue weighted by Crippen LogP contribution is -2.67. The Balaban J connectivity index is 1.17. The minimum Gasteiger partial charge on any atom is -0.456 e. The van der Waals surface area contributed by atoms with Gasteiger partial charge in [-0.3, -0.25) is 9.69 Å². The van der Waals surface area contributed by atoms with Crippen molar-refractivity contribution in [2.45, 2.75) is 83.8 Å². The monoisotopic (exact) mass is 568 g/mol. The number of esters is 1. The summed E-state index contributed by atoms with van der Waals surface area (Å²) in [5, 5.41) is 0. The van der Waals surface area contributed by atoms with Crippen molar-refractivity contribution < 1.29 is 27.5 Å². The third kappa shape index (κ3) is 6.69.